The molecule has 0 aliphatic carbocycles. The Morgan fingerprint density at radius 1 is 1.08 bits per heavy atom. The van der Waals surface area contributed by atoms with Crippen LogP contribution in [-0.2, 0) is 11.2 Å². The van der Waals surface area contributed by atoms with Crippen LogP contribution in [0.5, 0.6) is 0 Å². The summed E-state index contributed by atoms with van der Waals surface area (Å²) in [5.74, 6) is -0.171. The molecule has 1 heterocycles. The number of carbonyl (C=O) groups is 1. The smallest absolute Gasteiger partial charge is 0.250 e. The third-order valence-electron chi connectivity index (χ3n) is 3.52. The number of amides is 1. The van der Waals surface area contributed by atoms with E-state index in [1.165, 1.54) is 22.3 Å². The van der Waals surface area contributed by atoms with E-state index in [0.29, 0.717) is 5.13 Å². The molecule has 0 bridgehead atoms. The lowest BCUT2D eigenvalue weighted by Crippen LogP contribution is -2.07. The molecule has 3 nitrogen and oxygen atoms in total. The van der Waals surface area contributed by atoms with Crippen LogP contribution in [-0.4, -0.2) is 10.9 Å². The predicted molar refractivity (Wildman–Crippen MR) is 101 cm³/mol. The SMILES string of the molecule is CCc1sc(NC(=O)/C=C/c2ccccc2)nc1-c1ccccc1. The minimum atomic E-state index is -0.171. The van der Waals surface area contributed by atoms with Crippen LogP contribution in [0.4, 0.5) is 5.13 Å². The summed E-state index contributed by atoms with van der Waals surface area (Å²) in [7, 11) is 0. The highest BCUT2D eigenvalue weighted by Crippen LogP contribution is 2.31. The molecule has 3 aromatic rings. The van der Waals surface area contributed by atoms with Gasteiger partial charge in [-0.15, -0.1) is 11.3 Å². The molecule has 1 amide bonds. The fourth-order valence-corrected chi connectivity index (χ4v) is 3.28. The summed E-state index contributed by atoms with van der Waals surface area (Å²) in [5.41, 5.74) is 3.02. The number of hydrogen-bond acceptors (Lipinski definition) is 3. The minimum absolute atomic E-state index is 0.171. The lowest BCUT2D eigenvalue weighted by molar-refractivity contribution is -0.111. The standard InChI is InChI=1S/C20H18N2OS/c1-2-17-19(16-11-7-4-8-12-16)22-20(24-17)21-18(23)14-13-15-9-5-3-6-10-15/h3-14H,2H2,1H3,(H,21,22,23)/b14-13+. The molecule has 24 heavy (non-hydrogen) atoms. The topological polar surface area (TPSA) is 42.0 Å². The maximum Gasteiger partial charge on any atom is 0.250 e. The quantitative estimate of drug-likeness (QED) is 0.665. The third-order valence-corrected chi connectivity index (χ3v) is 4.64. The van der Waals surface area contributed by atoms with Crippen molar-refractivity contribution in [1.29, 1.82) is 0 Å². The first-order valence-corrected chi connectivity index (χ1v) is 8.67. The molecule has 1 N–H and O–H groups in total. The van der Waals surface area contributed by atoms with Crippen molar-refractivity contribution in [3.05, 3.63) is 77.2 Å². The van der Waals surface area contributed by atoms with Crippen molar-refractivity contribution >= 4 is 28.5 Å². The van der Waals surface area contributed by atoms with Gasteiger partial charge < -0.3 is 0 Å². The Morgan fingerprint density at radius 2 is 1.75 bits per heavy atom. The largest absolute Gasteiger partial charge is 0.298 e. The number of hydrogen-bond donors (Lipinski definition) is 1. The Kier molecular flexibility index (Phi) is 5.18. The fourth-order valence-electron chi connectivity index (χ4n) is 2.35. The third kappa shape index (κ3) is 3.97. The van der Waals surface area contributed by atoms with Crippen molar-refractivity contribution in [2.45, 2.75) is 13.3 Å². The highest BCUT2D eigenvalue weighted by atomic mass is 32.1. The molecule has 1 aromatic heterocycles. The van der Waals surface area contributed by atoms with Gasteiger partial charge >= 0.3 is 0 Å². The van der Waals surface area contributed by atoms with Gasteiger partial charge in [0.2, 0.25) is 5.91 Å². The maximum atomic E-state index is 12.1. The van der Waals surface area contributed by atoms with Crippen molar-refractivity contribution < 1.29 is 4.79 Å². The van der Waals surface area contributed by atoms with Gasteiger partial charge in [-0.25, -0.2) is 4.98 Å². The normalized spacial score (nSPS) is 10.9. The molecular formula is C20H18N2OS. The number of thiazole rings is 1. The Balaban J connectivity index is 1.75. The van der Waals surface area contributed by atoms with Crippen molar-refractivity contribution in [3.8, 4) is 11.3 Å². The van der Waals surface area contributed by atoms with E-state index < -0.39 is 0 Å². The molecule has 0 fully saturated rings. The van der Waals surface area contributed by atoms with E-state index in [4.69, 9.17) is 0 Å². The van der Waals surface area contributed by atoms with Crippen LogP contribution in [0.15, 0.2) is 66.7 Å². The Bertz CT molecular complexity index is 839. The van der Waals surface area contributed by atoms with Gasteiger partial charge in [0.05, 0.1) is 5.69 Å². The van der Waals surface area contributed by atoms with E-state index in [9.17, 15) is 4.79 Å². The fraction of sp³-hybridized carbons (Fsp3) is 0.100. The maximum absolute atomic E-state index is 12.1. The van der Waals surface area contributed by atoms with Gasteiger partial charge in [-0.05, 0) is 18.1 Å². The Morgan fingerprint density at radius 3 is 2.42 bits per heavy atom. The van der Waals surface area contributed by atoms with Gasteiger partial charge in [-0.3, -0.25) is 10.1 Å². The molecule has 0 unspecified atom stereocenters. The summed E-state index contributed by atoms with van der Waals surface area (Å²) < 4.78 is 0. The van der Waals surface area contributed by atoms with Crippen LogP contribution in [0.2, 0.25) is 0 Å². The molecular weight excluding hydrogens is 316 g/mol. The molecule has 0 saturated heterocycles. The van der Waals surface area contributed by atoms with Crippen molar-refractivity contribution in [3.63, 3.8) is 0 Å². The molecule has 120 valence electrons. The first-order valence-electron chi connectivity index (χ1n) is 7.85. The second-order valence-electron chi connectivity index (χ2n) is 5.24. The molecule has 0 aliphatic heterocycles. The van der Waals surface area contributed by atoms with Crippen LogP contribution >= 0.6 is 11.3 Å². The van der Waals surface area contributed by atoms with Gasteiger partial charge in [-0.2, -0.15) is 0 Å². The average molecular weight is 334 g/mol. The van der Waals surface area contributed by atoms with Crippen LogP contribution in [0.3, 0.4) is 0 Å². The molecule has 0 aliphatic rings. The van der Waals surface area contributed by atoms with Gasteiger partial charge in [0, 0.05) is 16.5 Å². The predicted octanol–water partition coefficient (Wildman–Crippen LogP) is 5.02. The molecule has 2 aromatic carbocycles. The van der Waals surface area contributed by atoms with E-state index >= 15 is 0 Å². The number of rotatable bonds is 5. The number of nitrogens with one attached hydrogen (secondary N) is 1. The highest BCUT2D eigenvalue weighted by Gasteiger charge is 2.12. The number of nitrogens with zero attached hydrogens (tertiary/aromatic N) is 1. The van der Waals surface area contributed by atoms with Gasteiger partial charge in [0.15, 0.2) is 5.13 Å². The summed E-state index contributed by atoms with van der Waals surface area (Å²) in [5, 5.41) is 3.49. The van der Waals surface area contributed by atoms with E-state index in [1.807, 2.05) is 60.7 Å². The van der Waals surface area contributed by atoms with Crippen molar-refractivity contribution in [2.75, 3.05) is 5.32 Å². The first-order chi connectivity index (χ1) is 11.8. The van der Waals surface area contributed by atoms with E-state index in [2.05, 4.69) is 17.2 Å². The Hall–Kier alpha value is -2.72. The van der Waals surface area contributed by atoms with Crippen LogP contribution < -0.4 is 5.32 Å². The summed E-state index contributed by atoms with van der Waals surface area (Å²) >= 11 is 1.53. The zero-order valence-corrected chi connectivity index (χ0v) is 14.2. The van der Waals surface area contributed by atoms with E-state index in [0.717, 1.165) is 23.2 Å². The molecule has 0 radical (unpaired) electrons. The molecule has 0 atom stereocenters. The van der Waals surface area contributed by atoms with Gasteiger partial charge in [0.1, 0.15) is 0 Å². The summed E-state index contributed by atoms with van der Waals surface area (Å²) in [6.45, 7) is 2.10. The molecule has 3 rings (SSSR count). The number of benzene rings is 2. The molecule has 0 saturated carbocycles. The second kappa shape index (κ2) is 7.70. The zero-order valence-electron chi connectivity index (χ0n) is 13.4. The van der Waals surface area contributed by atoms with Crippen LogP contribution in [0, 0.1) is 0 Å². The first kappa shape index (κ1) is 16.1. The van der Waals surface area contributed by atoms with E-state index in [1.54, 1.807) is 6.08 Å². The summed E-state index contributed by atoms with van der Waals surface area (Å²) in [4.78, 5) is 17.9. The Labute approximate surface area is 145 Å². The zero-order chi connectivity index (χ0) is 16.8. The average Bonchev–Trinajstić information content (AvgIpc) is 3.04. The van der Waals surface area contributed by atoms with Crippen molar-refractivity contribution in [2.24, 2.45) is 0 Å². The number of aryl methyl sites for hydroxylation is 1. The van der Waals surface area contributed by atoms with Crippen molar-refractivity contribution in [1.82, 2.24) is 4.98 Å². The lowest BCUT2D eigenvalue weighted by atomic mass is 10.1. The highest BCUT2D eigenvalue weighted by molar-refractivity contribution is 7.16. The number of aromatic nitrogens is 1. The summed E-state index contributed by atoms with van der Waals surface area (Å²) in [6.07, 6.45) is 4.21. The molecule has 0 spiro atoms. The minimum Gasteiger partial charge on any atom is -0.298 e. The van der Waals surface area contributed by atoms with Crippen LogP contribution in [0.25, 0.3) is 17.3 Å². The number of carbonyl (C=O) groups excluding carboxylic acids is 1. The van der Waals surface area contributed by atoms with Gasteiger partial charge in [0.25, 0.3) is 0 Å². The molecule has 4 heteroatoms. The summed E-state index contributed by atoms with van der Waals surface area (Å²) in [6, 6.07) is 19.8. The van der Waals surface area contributed by atoms with E-state index in [-0.39, 0.29) is 5.91 Å². The lowest BCUT2D eigenvalue weighted by Gasteiger charge is -1.98. The number of anilines is 1. The van der Waals surface area contributed by atoms with Crippen LogP contribution in [0.1, 0.15) is 17.4 Å². The van der Waals surface area contributed by atoms with Gasteiger partial charge in [-0.1, -0.05) is 67.6 Å². The second-order valence-corrected chi connectivity index (χ2v) is 6.33. The monoisotopic (exact) mass is 334 g/mol.